The summed E-state index contributed by atoms with van der Waals surface area (Å²) in [4.78, 5) is 11.7. The van der Waals surface area contributed by atoms with Crippen molar-refractivity contribution >= 4 is 6.03 Å². The lowest BCUT2D eigenvalue weighted by molar-refractivity contribution is 0.237. The van der Waals surface area contributed by atoms with Gasteiger partial charge in [-0.3, -0.25) is 4.68 Å². The third kappa shape index (κ3) is 4.46. The molecule has 6 heteroatoms. The van der Waals surface area contributed by atoms with Gasteiger partial charge in [0.1, 0.15) is 5.76 Å². The predicted octanol–water partition coefficient (Wildman–Crippen LogP) is 1.49. The van der Waals surface area contributed by atoms with Crippen LogP contribution in [0.5, 0.6) is 0 Å². The summed E-state index contributed by atoms with van der Waals surface area (Å²) in [6.07, 6.45) is 6.84. The highest BCUT2D eigenvalue weighted by Crippen LogP contribution is 2.03. The van der Waals surface area contributed by atoms with Crippen LogP contribution in [0.4, 0.5) is 4.79 Å². The molecule has 0 bridgehead atoms. The van der Waals surface area contributed by atoms with Gasteiger partial charge in [0.05, 0.1) is 12.5 Å². The number of nitrogens with one attached hydrogen (secondary N) is 2. The van der Waals surface area contributed by atoms with E-state index >= 15 is 0 Å². The zero-order valence-electron chi connectivity index (χ0n) is 11.8. The number of carbonyl (C=O) groups is 1. The van der Waals surface area contributed by atoms with E-state index in [0.29, 0.717) is 13.0 Å². The van der Waals surface area contributed by atoms with Crippen molar-refractivity contribution in [2.45, 2.75) is 25.8 Å². The SMILES string of the molecule is C[C@@H](Cc1ccco1)NC(=O)NCCc1cnn(C)c1. The number of furan rings is 1. The Labute approximate surface area is 118 Å². The first-order valence-electron chi connectivity index (χ1n) is 6.68. The number of amides is 2. The summed E-state index contributed by atoms with van der Waals surface area (Å²) in [5.41, 5.74) is 1.11. The van der Waals surface area contributed by atoms with Gasteiger partial charge in [-0.05, 0) is 31.0 Å². The van der Waals surface area contributed by atoms with Crippen molar-refractivity contribution < 1.29 is 9.21 Å². The van der Waals surface area contributed by atoms with Crippen molar-refractivity contribution in [3.63, 3.8) is 0 Å². The minimum absolute atomic E-state index is 0.0274. The summed E-state index contributed by atoms with van der Waals surface area (Å²) >= 11 is 0. The molecule has 20 heavy (non-hydrogen) atoms. The molecule has 2 N–H and O–H groups in total. The Hall–Kier alpha value is -2.24. The maximum atomic E-state index is 11.7. The number of nitrogens with zero attached hydrogens (tertiary/aromatic N) is 2. The van der Waals surface area contributed by atoms with Crippen molar-refractivity contribution in [1.82, 2.24) is 20.4 Å². The molecule has 0 aliphatic carbocycles. The molecule has 0 radical (unpaired) electrons. The molecular formula is C14H20N4O2. The Balaban J connectivity index is 1.64. The minimum atomic E-state index is -0.159. The average Bonchev–Trinajstić information content (AvgIpc) is 3.01. The smallest absolute Gasteiger partial charge is 0.315 e. The van der Waals surface area contributed by atoms with E-state index in [9.17, 15) is 4.79 Å². The fourth-order valence-corrected chi connectivity index (χ4v) is 1.98. The first-order valence-corrected chi connectivity index (χ1v) is 6.68. The van der Waals surface area contributed by atoms with Crippen LogP contribution >= 0.6 is 0 Å². The number of aromatic nitrogens is 2. The molecule has 6 nitrogen and oxygen atoms in total. The van der Waals surface area contributed by atoms with Crippen LogP contribution in [-0.4, -0.2) is 28.4 Å². The minimum Gasteiger partial charge on any atom is -0.469 e. The lowest BCUT2D eigenvalue weighted by Gasteiger charge is -2.13. The fourth-order valence-electron chi connectivity index (χ4n) is 1.98. The normalized spacial score (nSPS) is 12.1. The van der Waals surface area contributed by atoms with Crippen LogP contribution in [0.15, 0.2) is 35.2 Å². The van der Waals surface area contributed by atoms with Gasteiger partial charge in [-0.25, -0.2) is 4.79 Å². The standard InChI is InChI=1S/C14H20N4O2/c1-11(8-13-4-3-7-20-13)17-14(19)15-6-5-12-9-16-18(2)10-12/h3-4,7,9-11H,5-6,8H2,1-2H3,(H2,15,17,19)/t11-/m0/s1. The summed E-state index contributed by atoms with van der Waals surface area (Å²) in [6, 6.07) is 3.61. The van der Waals surface area contributed by atoms with Gasteiger partial charge in [-0.1, -0.05) is 0 Å². The van der Waals surface area contributed by atoms with E-state index in [0.717, 1.165) is 17.7 Å². The van der Waals surface area contributed by atoms with Gasteiger partial charge in [0.25, 0.3) is 0 Å². The van der Waals surface area contributed by atoms with E-state index < -0.39 is 0 Å². The van der Waals surface area contributed by atoms with Crippen LogP contribution < -0.4 is 10.6 Å². The van der Waals surface area contributed by atoms with Gasteiger partial charge in [-0.15, -0.1) is 0 Å². The quantitative estimate of drug-likeness (QED) is 0.839. The molecule has 108 valence electrons. The molecule has 0 aliphatic heterocycles. The van der Waals surface area contributed by atoms with Crippen molar-refractivity contribution in [3.05, 3.63) is 42.1 Å². The molecule has 2 amide bonds. The second-order valence-electron chi connectivity index (χ2n) is 4.86. The van der Waals surface area contributed by atoms with Gasteiger partial charge in [0.15, 0.2) is 0 Å². The monoisotopic (exact) mass is 276 g/mol. The Morgan fingerprint density at radius 2 is 2.40 bits per heavy atom. The number of urea groups is 1. The molecule has 0 unspecified atom stereocenters. The van der Waals surface area contributed by atoms with Gasteiger partial charge < -0.3 is 15.1 Å². The molecule has 1 atom stereocenters. The van der Waals surface area contributed by atoms with Gasteiger partial charge in [0, 0.05) is 32.3 Å². The van der Waals surface area contributed by atoms with Crippen molar-refractivity contribution in [2.24, 2.45) is 7.05 Å². The molecular weight excluding hydrogens is 256 g/mol. The van der Waals surface area contributed by atoms with E-state index in [1.54, 1.807) is 17.1 Å². The number of aryl methyl sites for hydroxylation is 1. The summed E-state index contributed by atoms with van der Waals surface area (Å²) < 4.78 is 7.00. The Kier molecular flexibility index (Phi) is 4.81. The topological polar surface area (TPSA) is 72.1 Å². The van der Waals surface area contributed by atoms with E-state index in [1.165, 1.54) is 0 Å². The van der Waals surface area contributed by atoms with Gasteiger partial charge in [-0.2, -0.15) is 5.10 Å². The summed E-state index contributed by atoms with van der Waals surface area (Å²) in [7, 11) is 1.87. The highest BCUT2D eigenvalue weighted by atomic mass is 16.3. The van der Waals surface area contributed by atoms with Crippen LogP contribution in [0.1, 0.15) is 18.2 Å². The lowest BCUT2D eigenvalue weighted by Crippen LogP contribution is -2.42. The fraction of sp³-hybridized carbons (Fsp3) is 0.429. The van der Waals surface area contributed by atoms with Crippen LogP contribution in [0, 0.1) is 0 Å². The van der Waals surface area contributed by atoms with Crippen molar-refractivity contribution in [1.29, 1.82) is 0 Å². The first kappa shape index (κ1) is 14.2. The van der Waals surface area contributed by atoms with E-state index in [2.05, 4.69) is 15.7 Å². The van der Waals surface area contributed by atoms with Crippen LogP contribution in [0.2, 0.25) is 0 Å². The number of rotatable bonds is 6. The highest BCUT2D eigenvalue weighted by Gasteiger charge is 2.09. The second-order valence-corrected chi connectivity index (χ2v) is 4.86. The van der Waals surface area contributed by atoms with Crippen LogP contribution in [0.3, 0.4) is 0 Å². The van der Waals surface area contributed by atoms with Crippen LogP contribution in [0.25, 0.3) is 0 Å². The third-order valence-corrected chi connectivity index (χ3v) is 2.92. The average molecular weight is 276 g/mol. The maximum absolute atomic E-state index is 11.7. The molecule has 0 saturated carbocycles. The first-order chi connectivity index (χ1) is 9.63. The predicted molar refractivity (Wildman–Crippen MR) is 75.3 cm³/mol. The Bertz CT molecular complexity index is 533. The Morgan fingerprint density at radius 1 is 1.55 bits per heavy atom. The molecule has 0 spiro atoms. The molecule has 2 rings (SSSR count). The zero-order valence-corrected chi connectivity index (χ0v) is 11.8. The number of hydrogen-bond acceptors (Lipinski definition) is 3. The van der Waals surface area contributed by atoms with Gasteiger partial charge in [0.2, 0.25) is 0 Å². The molecule has 2 aromatic rings. The Morgan fingerprint density at radius 3 is 3.05 bits per heavy atom. The summed E-state index contributed by atoms with van der Waals surface area (Å²) in [5, 5.41) is 9.79. The third-order valence-electron chi connectivity index (χ3n) is 2.92. The molecule has 0 fully saturated rings. The van der Waals surface area contributed by atoms with Crippen molar-refractivity contribution in [2.75, 3.05) is 6.54 Å². The number of carbonyl (C=O) groups excluding carboxylic acids is 1. The van der Waals surface area contributed by atoms with E-state index in [4.69, 9.17) is 4.42 Å². The van der Waals surface area contributed by atoms with Crippen LogP contribution in [-0.2, 0) is 19.9 Å². The number of hydrogen-bond donors (Lipinski definition) is 2. The van der Waals surface area contributed by atoms with E-state index in [-0.39, 0.29) is 12.1 Å². The largest absolute Gasteiger partial charge is 0.469 e. The van der Waals surface area contributed by atoms with Gasteiger partial charge >= 0.3 is 6.03 Å². The second kappa shape index (κ2) is 6.79. The molecule has 0 saturated heterocycles. The summed E-state index contributed by atoms with van der Waals surface area (Å²) in [5.74, 6) is 0.869. The summed E-state index contributed by atoms with van der Waals surface area (Å²) in [6.45, 7) is 2.54. The van der Waals surface area contributed by atoms with Crippen molar-refractivity contribution in [3.8, 4) is 0 Å². The maximum Gasteiger partial charge on any atom is 0.315 e. The molecule has 0 aliphatic rings. The molecule has 2 heterocycles. The molecule has 0 aromatic carbocycles. The highest BCUT2D eigenvalue weighted by molar-refractivity contribution is 5.74. The van der Waals surface area contributed by atoms with E-state index in [1.807, 2.05) is 32.3 Å². The lowest BCUT2D eigenvalue weighted by atomic mass is 10.2. The molecule has 2 aromatic heterocycles. The zero-order chi connectivity index (χ0) is 14.4.